The fourth-order valence-corrected chi connectivity index (χ4v) is 4.13. The van der Waals surface area contributed by atoms with Crippen LogP contribution in [0.2, 0.25) is 0 Å². The van der Waals surface area contributed by atoms with Crippen LogP contribution in [0.25, 0.3) is 0 Å². The molecule has 1 amide bonds. The molecule has 31 heavy (non-hydrogen) atoms. The summed E-state index contributed by atoms with van der Waals surface area (Å²) < 4.78 is 5.17. The van der Waals surface area contributed by atoms with E-state index in [1.54, 1.807) is 6.92 Å². The third-order valence-corrected chi connectivity index (χ3v) is 6.12. The van der Waals surface area contributed by atoms with E-state index in [1.807, 2.05) is 13.8 Å². The molecule has 0 unspecified atom stereocenters. The second-order valence-corrected chi connectivity index (χ2v) is 8.47. The van der Waals surface area contributed by atoms with Crippen LogP contribution in [0.15, 0.2) is 12.1 Å². The highest BCUT2D eigenvalue weighted by molar-refractivity contribution is 5.85. The fourth-order valence-electron chi connectivity index (χ4n) is 4.13. The highest BCUT2D eigenvalue weighted by atomic mass is 16.5. The third-order valence-electron chi connectivity index (χ3n) is 6.12. The van der Waals surface area contributed by atoms with E-state index in [2.05, 4.69) is 22.8 Å². The molecular formula is C25H41N3O3. The Bertz CT molecular complexity index is 689. The van der Waals surface area contributed by atoms with Gasteiger partial charge in [-0.15, -0.1) is 0 Å². The molecule has 6 heteroatoms. The molecule has 0 radical (unpaired) electrons. The quantitative estimate of drug-likeness (QED) is 0.326. The van der Waals surface area contributed by atoms with Gasteiger partial charge in [0, 0.05) is 18.2 Å². The SMILES string of the molecule is CCOC(=O)[C@H](CCCCCCCc1ccc2c(n1)NCCC2)NC(=O)C(CC)CC. The number of unbranched alkanes of at least 4 members (excludes halogenated alkanes) is 4. The zero-order valence-corrected chi connectivity index (χ0v) is 19.7. The first-order valence-corrected chi connectivity index (χ1v) is 12.3. The van der Waals surface area contributed by atoms with E-state index in [0.29, 0.717) is 13.0 Å². The molecule has 1 atom stereocenters. The number of hydrogen-bond acceptors (Lipinski definition) is 5. The van der Waals surface area contributed by atoms with Gasteiger partial charge in [-0.1, -0.05) is 45.6 Å². The molecule has 174 valence electrons. The van der Waals surface area contributed by atoms with Crippen LogP contribution in [0.1, 0.15) is 89.8 Å². The van der Waals surface area contributed by atoms with Crippen LogP contribution in [-0.4, -0.2) is 36.1 Å². The van der Waals surface area contributed by atoms with E-state index in [-0.39, 0.29) is 17.8 Å². The summed E-state index contributed by atoms with van der Waals surface area (Å²) in [7, 11) is 0. The number of pyridine rings is 1. The van der Waals surface area contributed by atoms with Crippen molar-refractivity contribution in [1.82, 2.24) is 10.3 Å². The zero-order chi connectivity index (χ0) is 22.5. The fraction of sp³-hybridized carbons (Fsp3) is 0.720. The van der Waals surface area contributed by atoms with Gasteiger partial charge in [0.15, 0.2) is 0 Å². The molecule has 0 spiro atoms. The van der Waals surface area contributed by atoms with Crippen LogP contribution in [0, 0.1) is 5.92 Å². The number of hydrogen-bond donors (Lipinski definition) is 2. The Morgan fingerprint density at radius 3 is 2.58 bits per heavy atom. The first-order valence-electron chi connectivity index (χ1n) is 12.3. The van der Waals surface area contributed by atoms with Crippen molar-refractivity contribution in [2.75, 3.05) is 18.5 Å². The van der Waals surface area contributed by atoms with E-state index in [1.165, 1.54) is 17.7 Å². The van der Waals surface area contributed by atoms with Crippen LogP contribution in [-0.2, 0) is 27.2 Å². The number of fused-ring (bicyclic) bond motifs is 1. The number of nitrogens with zero attached hydrogens (tertiary/aromatic N) is 1. The summed E-state index contributed by atoms with van der Waals surface area (Å²) in [6.07, 6.45) is 10.9. The molecule has 1 aromatic rings. The molecule has 2 rings (SSSR count). The van der Waals surface area contributed by atoms with E-state index in [4.69, 9.17) is 9.72 Å². The minimum Gasteiger partial charge on any atom is -0.464 e. The van der Waals surface area contributed by atoms with Crippen molar-refractivity contribution in [2.45, 2.75) is 97.4 Å². The predicted molar refractivity (Wildman–Crippen MR) is 125 cm³/mol. The van der Waals surface area contributed by atoms with Gasteiger partial charge in [0.2, 0.25) is 5.91 Å². The average molecular weight is 432 g/mol. The molecule has 6 nitrogen and oxygen atoms in total. The Kier molecular flexibility index (Phi) is 11.4. The maximum atomic E-state index is 12.4. The number of rotatable bonds is 14. The van der Waals surface area contributed by atoms with Gasteiger partial charge in [-0.05, 0) is 63.5 Å². The van der Waals surface area contributed by atoms with Crippen molar-refractivity contribution < 1.29 is 14.3 Å². The lowest BCUT2D eigenvalue weighted by Gasteiger charge is -2.20. The Hall–Kier alpha value is -2.11. The first kappa shape index (κ1) is 25.2. The monoisotopic (exact) mass is 431 g/mol. The van der Waals surface area contributed by atoms with Gasteiger partial charge in [-0.2, -0.15) is 0 Å². The molecule has 1 aliphatic heterocycles. The van der Waals surface area contributed by atoms with Gasteiger partial charge in [0.1, 0.15) is 11.9 Å². The van der Waals surface area contributed by atoms with Crippen molar-refractivity contribution in [3.63, 3.8) is 0 Å². The lowest BCUT2D eigenvalue weighted by molar-refractivity contribution is -0.148. The Morgan fingerprint density at radius 2 is 1.84 bits per heavy atom. The average Bonchev–Trinajstić information content (AvgIpc) is 2.78. The van der Waals surface area contributed by atoms with Crippen molar-refractivity contribution in [2.24, 2.45) is 5.92 Å². The highest BCUT2D eigenvalue weighted by Crippen LogP contribution is 2.20. The first-order chi connectivity index (χ1) is 15.1. The molecular weight excluding hydrogens is 390 g/mol. The topological polar surface area (TPSA) is 80.3 Å². The van der Waals surface area contributed by atoms with Crippen molar-refractivity contribution in [3.8, 4) is 0 Å². The summed E-state index contributed by atoms with van der Waals surface area (Å²) in [6.45, 7) is 7.16. The maximum absolute atomic E-state index is 12.4. The second-order valence-electron chi connectivity index (χ2n) is 8.47. The minimum absolute atomic E-state index is 0.0323. The summed E-state index contributed by atoms with van der Waals surface area (Å²) in [5, 5.41) is 6.32. The molecule has 2 heterocycles. The normalized spacial score (nSPS) is 13.9. The number of anilines is 1. The molecule has 0 fully saturated rings. The predicted octanol–water partition coefficient (Wildman–Crippen LogP) is 4.81. The van der Waals surface area contributed by atoms with Crippen molar-refractivity contribution in [3.05, 3.63) is 23.4 Å². The van der Waals surface area contributed by atoms with Gasteiger partial charge in [-0.25, -0.2) is 9.78 Å². The Labute approximate surface area is 187 Å². The third kappa shape index (κ3) is 8.50. The number of carbonyl (C=O) groups is 2. The largest absolute Gasteiger partial charge is 0.464 e. The number of aromatic nitrogens is 1. The molecule has 1 aliphatic rings. The van der Waals surface area contributed by atoms with Crippen LogP contribution in [0.5, 0.6) is 0 Å². The van der Waals surface area contributed by atoms with Gasteiger partial charge >= 0.3 is 5.97 Å². The summed E-state index contributed by atoms with van der Waals surface area (Å²) in [6, 6.07) is 3.85. The van der Waals surface area contributed by atoms with E-state index in [0.717, 1.165) is 70.2 Å². The van der Waals surface area contributed by atoms with Gasteiger partial charge in [0.05, 0.1) is 6.61 Å². The lowest BCUT2D eigenvalue weighted by atomic mass is 10.0. The molecule has 1 aromatic heterocycles. The number of carbonyl (C=O) groups excluding carboxylic acids is 2. The Morgan fingerprint density at radius 1 is 1.10 bits per heavy atom. The second kappa shape index (κ2) is 14.0. The van der Waals surface area contributed by atoms with E-state index < -0.39 is 6.04 Å². The highest BCUT2D eigenvalue weighted by Gasteiger charge is 2.24. The molecule has 0 saturated heterocycles. The number of esters is 1. The molecule has 2 N–H and O–H groups in total. The van der Waals surface area contributed by atoms with Crippen LogP contribution < -0.4 is 10.6 Å². The molecule has 0 aliphatic carbocycles. The summed E-state index contributed by atoms with van der Waals surface area (Å²) in [5.74, 6) is 0.692. The van der Waals surface area contributed by atoms with E-state index in [9.17, 15) is 9.59 Å². The maximum Gasteiger partial charge on any atom is 0.328 e. The minimum atomic E-state index is -0.528. The van der Waals surface area contributed by atoms with Gasteiger partial charge in [-0.3, -0.25) is 4.79 Å². The van der Waals surface area contributed by atoms with Crippen LogP contribution >= 0.6 is 0 Å². The van der Waals surface area contributed by atoms with Gasteiger partial charge < -0.3 is 15.4 Å². The van der Waals surface area contributed by atoms with Crippen molar-refractivity contribution in [1.29, 1.82) is 0 Å². The standard InChI is InChI=1S/C25H41N3O3/c1-4-19(5-2)24(29)28-22(25(30)31-6-3)15-11-9-7-8-10-14-21-17-16-20-13-12-18-26-23(20)27-21/h16-17,19,22H,4-15,18H2,1-3H3,(H,26,27)(H,28,29)/t22-/m0/s1. The summed E-state index contributed by atoms with van der Waals surface area (Å²) in [5.41, 5.74) is 2.50. The van der Waals surface area contributed by atoms with Crippen LogP contribution in [0.3, 0.4) is 0 Å². The number of nitrogens with one attached hydrogen (secondary N) is 2. The lowest BCUT2D eigenvalue weighted by Crippen LogP contribution is -2.44. The summed E-state index contributed by atoms with van der Waals surface area (Å²) >= 11 is 0. The zero-order valence-electron chi connectivity index (χ0n) is 19.7. The number of amides is 1. The van der Waals surface area contributed by atoms with Crippen molar-refractivity contribution >= 4 is 17.7 Å². The smallest absolute Gasteiger partial charge is 0.328 e. The van der Waals surface area contributed by atoms with Crippen LogP contribution in [0.4, 0.5) is 5.82 Å². The Balaban J connectivity index is 1.67. The molecule has 0 saturated carbocycles. The molecule has 0 bridgehead atoms. The number of ether oxygens (including phenoxy) is 1. The van der Waals surface area contributed by atoms with Gasteiger partial charge in [0.25, 0.3) is 0 Å². The number of aryl methyl sites for hydroxylation is 2. The van der Waals surface area contributed by atoms with E-state index >= 15 is 0 Å². The summed E-state index contributed by atoms with van der Waals surface area (Å²) in [4.78, 5) is 29.4. The molecule has 0 aromatic carbocycles.